The van der Waals surface area contributed by atoms with Crippen molar-refractivity contribution in [2.24, 2.45) is 0 Å². The van der Waals surface area contributed by atoms with Gasteiger partial charge in [0.15, 0.2) is 0 Å². The third-order valence-electron chi connectivity index (χ3n) is 4.46. The van der Waals surface area contributed by atoms with Crippen molar-refractivity contribution in [3.63, 3.8) is 0 Å². The molecule has 2 N–H and O–H groups in total. The molecule has 3 aromatic carbocycles. The first-order valence-corrected chi connectivity index (χ1v) is 10.3. The van der Waals surface area contributed by atoms with Crippen molar-refractivity contribution in [3.8, 4) is 0 Å². The highest BCUT2D eigenvalue weighted by Crippen LogP contribution is 2.23. The number of imidazole rings is 1. The fourth-order valence-corrected chi connectivity index (χ4v) is 4.26. The number of para-hydroxylation sites is 3. The van der Waals surface area contributed by atoms with Gasteiger partial charge in [-0.25, -0.2) is 17.8 Å². The summed E-state index contributed by atoms with van der Waals surface area (Å²) in [5.41, 5.74) is 3.10. The molecule has 28 heavy (non-hydrogen) atoms. The Bertz CT molecular complexity index is 1200. The average Bonchev–Trinajstić information content (AvgIpc) is 3.10. The van der Waals surface area contributed by atoms with Crippen molar-refractivity contribution < 1.29 is 12.8 Å². The van der Waals surface area contributed by atoms with E-state index in [1.54, 1.807) is 12.1 Å². The molecule has 0 saturated carbocycles. The predicted molar refractivity (Wildman–Crippen MR) is 107 cm³/mol. The van der Waals surface area contributed by atoms with Gasteiger partial charge >= 0.3 is 0 Å². The molecule has 4 aromatic rings. The quantitative estimate of drug-likeness (QED) is 0.511. The summed E-state index contributed by atoms with van der Waals surface area (Å²) >= 11 is 0. The van der Waals surface area contributed by atoms with Gasteiger partial charge in [-0.15, -0.1) is 0 Å². The second kappa shape index (κ2) is 7.44. The molecule has 5 nitrogen and oxygen atoms in total. The number of hydrogen-bond acceptors (Lipinski definition) is 3. The number of nitrogens with zero attached hydrogens (tertiary/aromatic N) is 1. The first kappa shape index (κ1) is 18.2. The van der Waals surface area contributed by atoms with Gasteiger partial charge in [-0.05, 0) is 42.3 Å². The highest BCUT2D eigenvalue weighted by atomic mass is 32.2. The number of anilines is 1. The van der Waals surface area contributed by atoms with E-state index in [4.69, 9.17) is 0 Å². The van der Waals surface area contributed by atoms with E-state index < -0.39 is 15.8 Å². The molecular formula is C21H18FN3O2S. The van der Waals surface area contributed by atoms with E-state index in [2.05, 4.69) is 14.7 Å². The first-order chi connectivity index (χ1) is 13.5. The molecule has 0 saturated heterocycles. The molecule has 4 rings (SSSR count). The molecule has 1 heterocycles. The molecule has 0 aliphatic heterocycles. The molecule has 0 unspecified atom stereocenters. The van der Waals surface area contributed by atoms with Crippen molar-refractivity contribution in [1.82, 2.24) is 9.97 Å². The topological polar surface area (TPSA) is 74.8 Å². The summed E-state index contributed by atoms with van der Waals surface area (Å²) in [4.78, 5) is 7.44. The minimum Gasteiger partial charge on any atom is -0.342 e. The molecule has 0 amide bonds. The summed E-state index contributed by atoms with van der Waals surface area (Å²) in [6.07, 6.45) is 1.20. The van der Waals surface area contributed by atoms with Crippen LogP contribution in [0, 0.1) is 5.82 Å². The first-order valence-electron chi connectivity index (χ1n) is 8.82. The van der Waals surface area contributed by atoms with Crippen LogP contribution in [0.5, 0.6) is 0 Å². The lowest BCUT2D eigenvalue weighted by Gasteiger charge is -2.12. The lowest BCUT2D eigenvalue weighted by Crippen LogP contribution is -2.15. The zero-order chi connectivity index (χ0) is 19.6. The summed E-state index contributed by atoms with van der Waals surface area (Å²) in [7, 11) is -4.02. The van der Waals surface area contributed by atoms with Crippen LogP contribution in [-0.4, -0.2) is 18.4 Å². The van der Waals surface area contributed by atoms with E-state index in [0.717, 1.165) is 28.5 Å². The second-order valence-electron chi connectivity index (χ2n) is 6.39. The van der Waals surface area contributed by atoms with Crippen LogP contribution in [0.25, 0.3) is 11.0 Å². The largest absolute Gasteiger partial charge is 0.342 e. The van der Waals surface area contributed by atoms with E-state index >= 15 is 0 Å². The Morgan fingerprint density at radius 3 is 2.43 bits per heavy atom. The Hall–Kier alpha value is -3.19. The molecule has 0 atom stereocenters. The molecule has 0 fully saturated rings. The number of halogens is 1. The molecule has 0 bridgehead atoms. The average molecular weight is 395 g/mol. The van der Waals surface area contributed by atoms with Gasteiger partial charge in [-0.2, -0.15) is 0 Å². The van der Waals surface area contributed by atoms with Crippen molar-refractivity contribution in [3.05, 3.63) is 90.0 Å². The maximum absolute atomic E-state index is 13.9. The normalized spacial score (nSPS) is 11.6. The second-order valence-corrected chi connectivity index (χ2v) is 8.04. The molecule has 0 aliphatic carbocycles. The number of fused-ring (bicyclic) bond motifs is 1. The number of aromatic amines is 1. The van der Waals surface area contributed by atoms with Crippen LogP contribution in [0.2, 0.25) is 0 Å². The van der Waals surface area contributed by atoms with Crippen LogP contribution in [0.15, 0.2) is 77.7 Å². The Labute approximate surface area is 162 Å². The van der Waals surface area contributed by atoms with E-state index in [-0.39, 0.29) is 4.90 Å². The highest BCUT2D eigenvalue weighted by molar-refractivity contribution is 7.92. The van der Waals surface area contributed by atoms with Crippen LogP contribution in [0.1, 0.15) is 11.4 Å². The van der Waals surface area contributed by atoms with E-state index in [0.29, 0.717) is 18.5 Å². The van der Waals surface area contributed by atoms with E-state index in [9.17, 15) is 12.8 Å². The molecule has 0 radical (unpaired) electrons. The standard InChI is InChI=1S/C21H18FN3O2S/c22-16-8-2-6-12-20(16)28(26,27)25-17-9-3-1-7-15(17)13-14-21-23-18-10-4-5-11-19(18)24-21/h1-12,25H,13-14H2,(H,23,24). The van der Waals surface area contributed by atoms with Gasteiger partial charge in [0.05, 0.1) is 16.7 Å². The zero-order valence-electron chi connectivity index (χ0n) is 14.9. The maximum Gasteiger partial charge on any atom is 0.264 e. The third-order valence-corrected chi connectivity index (χ3v) is 5.86. The predicted octanol–water partition coefficient (Wildman–Crippen LogP) is 4.29. The zero-order valence-corrected chi connectivity index (χ0v) is 15.7. The Morgan fingerprint density at radius 1 is 0.893 bits per heavy atom. The fraction of sp³-hybridized carbons (Fsp3) is 0.0952. The minimum absolute atomic E-state index is 0.373. The van der Waals surface area contributed by atoms with Crippen LogP contribution >= 0.6 is 0 Å². The summed E-state index contributed by atoms with van der Waals surface area (Å²) in [6.45, 7) is 0. The third kappa shape index (κ3) is 3.75. The smallest absolute Gasteiger partial charge is 0.264 e. The number of benzene rings is 3. The highest BCUT2D eigenvalue weighted by Gasteiger charge is 2.19. The Balaban J connectivity index is 1.56. The van der Waals surface area contributed by atoms with Crippen LogP contribution in [0.4, 0.5) is 10.1 Å². The van der Waals surface area contributed by atoms with E-state index in [1.807, 2.05) is 36.4 Å². The SMILES string of the molecule is O=S(=O)(Nc1ccccc1CCc1nc2ccccc2[nH]1)c1ccccc1F. The van der Waals surface area contributed by atoms with Crippen molar-refractivity contribution in [2.75, 3.05) is 4.72 Å². The summed E-state index contributed by atoms with van der Waals surface area (Å²) in [5, 5.41) is 0. The fourth-order valence-electron chi connectivity index (χ4n) is 3.08. The van der Waals surface area contributed by atoms with E-state index in [1.165, 1.54) is 18.2 Å². The molecule has 0 aliphatic rings. The van der Waals surface area contributed by atoms with Crippen molar-refractivity contribution >= 4 is 26.7 Å². The number of aromatic nitrogens is 2. The van der Waals surface area contributed by atoms with Gasteiger partial charge in [-0.3, -0.25) is 4.72 Å². The van der Waals surface area contributed by atoms with Gasteiger partial charge in [0.2, 0.25) is 0 Å². The number of aryl methyl sites for hydroxylation is 2. The van der Waals surface area contributed by atoms with Crippen LogP contribution in [-0.2, 0) is 22.9 Å². The summed E-state index contributed by atoms with van der Waals surface area (Å²) in [6, 6.07) is 20.2. The lowest BCUT2D eigenvalue weighted by atomic mass is 10.1. The molecule has 0 spiro atoms. The summed E-state index contributed by atoms with van der Waals surface area (Å²) in [5.74, 6) is 0.0442. The Morgan fingerprint density at radius 2 is 1.61 bits per heavy atom. The van der Waals surface area contributed by atoms with Gasteiger partial charge in [0.25, 0.3) is 10.0 Å². The molecule has 142 valence electrons. The molecule has 1 aromatic heterocycles. The lowest BCUT2D eigenvalue weighted by molar-refractivity contribution is 0.570. The number of rotatable bonds is 6. The number of nitrogens with one attached hydrogen (secondary N) is 2. The van der Waals surface area contributed by atoms with Crippen molar-refractivity contribution in [1.29, 1.82) is 0 Å². The monoisotopic (exact) mass is 395 g/mol. The van der Waals surface area contributed by atoms with Gasteiger partial charge in [-0.1, -0.05) is 42.5 Å². The minimum atomic E-state index is -4.02. The Kier molecular flexibility index (Phi) is 4.83. The maximum atomic E-state index is 13.9. The molecular weight excluding hydrogens is 377 g/mol. The van der Waals surface area contributed by atoms with Gasteiger partial charge < -0.3 is 4.98 Å². The van der Waals surface area contributed by atoms with Gasteiger partial charge in [0.1, 0.15) is 16.5 Å². The number of H-pyrrole nitrogens is 1. The van der Waals surface area contributed by atoms with Crippen LogP contribution < -0.4 is 4.72 Å². The number of sulfonamides is 1. The van der Waals surface area contributed by atoms with Crippen molar-refractivity contribution in [2.45, 2.75) is 17.7 Å². The van der Waals surface area contributed by atoms with Gasteiger partial charge in [0, 0.05) is 6.42 Å². The summed E-state index contributed by atoms with van der Waals surface area (Å²) < 4.78 is 41.6. The number of hydrogen-bond donors (Lipinski definition) is 2. The van der Waals surface area contributed by atoms with Crippen LogP contribution in [0.3, 0.4) is 0 Å². The molecule has 7 heteroatoms.